The van der Waals surface area contributed by atoms with E-state index in [1.165, 1.54) is 18.4 Å². The van der Waals surface area contributed by atoms with Gasteiger partial charge in [0.2, 0.25) is 5.91 Å². The predicted octanol–water partition coefficient (Wildman–Crippen LogP) is 3.75. The second-order valence-corrected chi connectivity index (χ2v) is 7.12. The minimum Gasteiger partial charge on any atom is -0.469 e. The molecule has 1 aromatic heterocycles. The Morgan fingerprint density at radius 1 is 1.12 bits per heavy atom. The van der Waals surface area contributed by atoms with Crippen molar-refractivity contribution in [2.75, 3.05) is 7.11 Å². The second-order valence-electron chi connectivity index (χ2n) is 6.14. The van der Waals surface area contributed by atoms with E-state index in [0.717, 1.165) is 16.0 Å². The van der Waals surface area contributed by atoms with Crippen molar-refractivity contribution in [2.45, 2.75) is 39.2 Å². The first-order valence-electron chi connectivity index (χ1n) is 8.40. The van der Waals surface area contributed by atoms with E-state index >= 15 is 0 Å². The molecule has 0 saturated carbocycles. The van der Waals surface area contributed by atoms with E-state index < -0.39 is 12.0 Å². The van der Waals surface area contributed by atoms with Gasteiger partial charge >= 0.3 is 5.97 Å². The van der Waals surface area contributed by atoms with Crippen LogP contribution in [0.1, 0.15) is 51.7 Å². The summed E-state index contributed by atoms with van der Waals surface area (Å²) in [5.74, 6) is -0.719. The number of ketones is 1. The fourth-order valence-corrected chi connectivity index (χ4v) is 3.29. The third-order valence-electron chi connectivity index (χ3n) is 4.23. The number of carbonyl (C=O) groups excluding carboxylic acids is 3. The number of carbonyl (C=O) groups is 3. The lowest BCUT2D eigenvalue weighted by atomic mass is 10.0. The molecule has 1 unspecified atom stereocenters. The summed E-state index contributed by atoms with van der Waals surface area (Å²) in [7, 11) is 1.32. The highest BCUT2D eigenvalue weighted by molar-refractivity contribution is 7.10. The molecule has 0 bridgehead atoms. The Kier molecular flexibility index (Phi) is 7.09. The van der Waals surface area contributed by atoms with E-state index in [9.17, 15) is 14.4 Å². The molecular weight excluding hydrogens is 350 g/mol. The van der Waals surface area contributed by atoms with E-state index in [4.69, 9.17) is 4.74 Å². The summed E-state index contributed by atoms with van der Waals surface area (Å²) in [6.45, 7) is 3.94. The lowest BCUT2D eigenvalue weighted by Crippen LogP contribution is -2.30. The summed E-state index contributed by atoms with van der Waals surface area (Å²) in [6.07, 6.45) is 0.270. The Bertz CT molecular complexity index is 783. The van der Waals surface area contributed by atoms with Gasteiger partial charge < -0.3 is 10.1 Å². The third kappa shape index (κ3) is 5.52. The molecule has 0 spiro atoms. The van der Waals surface area contributed by atoms with Crippen molar-refractivity contribution >= 4 is 29.0 Å². The molecule has 1 aromatic carbocycles. The average Bonchev–Trinajstić information content (AvgIpc) is 3.16. The Balaban J connectivity index is 1.94. The molecule has 1 N–H and O–H groups in total. The van der Waals surface area contributed by atoms with Crippen molar-refractivity contribution in [1.82, 2.24) is 5.32 Å². The molecule has 2 rings (SSSR count). The second kappa shape index (κ2) is 9.29. The van der Waals surface area contributed by atoms with Crippen LogP contribution in [-0.4, -0.2) is 24.8 Å². The Morgan fingerprint density at radius 3 is 2.50 bits per heavy atom. The van der Waals surface area contributed by atoms with E-state index in [1.54, 1.807) is 6.07 Å². The number of Topliss-reactive ketones (excluding diaryl/α,β-unsaturated/α-hetero) is 1. The number of benzene rings is 1. The zero-order chi connectivity index (χ0) is 19.1. The highest BCUT2D eigenvalue weighted by atomic mass is 32.1. The minimum atomic E-state index is -0.438. The number of nitrogens with one attached hydrogen (secondary N) is 1. The molecule has 1 amide bonds. The summed E-state index contributed by atoms with van der Waals surface area (Å²) in [6, 6.07) is 8.83. The largest absolute Gasteiger partial charge is 0.469 e. The highest BCUT2D eigenvalue weighted by Gasteiger charge is 2.20. The lowest BCUT2D eigenvalue weighted by molar-refractivity contribution is -0.141. The predicted molar refractivity (Wildman–Crippen MR) is 101 cm³/mol. The zero-order valence-electron chi connectivity index (χ0n) is 15.2. The molecule has 1 heterocycles. The van der Waals surface area contributed by atoms with Crippen LogP contribution in [0.15, 0.2) is 35.7 Å². The van der Waals surface area contributed by atoms with E-state index in [0.29, 0.717) is 5.56 Å². The first-order valence-corrected chi connectivity index (χ1v) is 9.28. The number of rotatable bonds is 8. The maximum absolute atomic E-state index is 12.3. The fraction of sp³-hybridized carbons (Fsp3) is 0.350. The van der Waals surface area contributed by atoms with Gasteiger partial charge in [0.25, 0.3) is 0 Å². The monoisotopic (exact) mass is 373 g/mol. The van der Waals surface area contributed by atoms with Gasteiger partial charge in [0.1, 0.15) is 0 Å². The summed E-state index contributed by atoms with van der Waals surface area (Å²) >= 11 is 1.46. The van der Waals surface area contributed by atoms with Crippen LogP contribution >= 0.6 is 11.3 Å². The number of thiophene rings is 1. The van der Waals surface area contributed by atoms with E-state index in [-0.39, 0.29) is 31.0 Å². The molecule has 26 heavy (non-hydrogen) atoms. The number of ether oxygens (including phenoxy) is 1. The van der Waals surface area contributed by atoms with Crippen LogP contribution in [0.5, 0.6) is 0 Å². The molecule has 0 radical (unpaired) electrons. The van der Waals surface area contributed by atoms with Gasteiger partial charge in [0.05, 0.1) is 19.6 Å². The number of methoxy groups -OCH3 is 1. The van der Waals surface area contributed by atoms with Gasteiger partial charge in [0, 0.05) is 23.3 Å². The quantitative estimate of drug-likeness (QED) is 0.565. The topological polar surface area (TPSA) is 72.5 Å². The van der Waals surface area contributed by atoms with Gasteiger partial charge in [-0.25, -0.2) is 0 Å². The summed E-state index contributed by atoms with van der Waals surface area (Å²) in [4.78, 5) is 37.0. The van der Waals surface area contributed by atoms with Crippen molar-refractivity contribution in [3.8, 4) is 0 Å². The molecule has 0 aliphatic heterocycles. The first kappa shape index (κ1) is 19.8. The molecule has 1 atom stereocenters. The van der Waals surface area contributed by atoms with Gasteiger partial charge in [0.15, 0.2) is 5.78 Å². The molecule has 6 heteroatoms. The number of aryl methyl sites for hydroxylation is 2. The Labute approximate surface area is 157 Å². The maximum Gasteiger partial charge on any atom is 0.307 e. The van der Waals surface area contributed by atoms with Crippen molar-refractivity contribution in [2.24, 2.45) is 0 Å². The van der Waals surface area contributed by atoms with Gasteiger partial charge in [-0.15, -0.1) is 11.3 Å². The van der Waals surface area contributed by atoms with Crippen LogP contribution in [0, 0.1) is 13.8 Å². The smallest absolute Gasteiger partial charge is 0.307 e. The van der Waals surface area contributed by atoms with Crippen molar-refractivity contribution < 1.29 is 19.1 Å². The van der Waals surface area contributed by atoms with E-state index in [1.807, 2.05) is 43.5 Å². The normalized spacial score (nSPS) is 11.7. The molecule has 0 aliphatic carbocycles. The van der Waals surface area contributed by atoms with Crippen molar-refractivity contribution in [3.05, 3.63) is 57.3 Å². The zero-order valence-corrected chi connectivity index (χ0v) is 16.0. The van der Waals surface area contributed by atoms with Crippen LogP contribution in [0.3, 0.4) is 0 Å². The van der Waals surface area contributed by atoms with E-state index in [2.05, 4.69) is 5.32 Å². The minimum absolute atomic E-state index is 0.0633. The fourth-order valence-electron chi connectivity index (χ4n) is 2.52. The summed E-state index contributed by atoms with van der Waals surface area (Å²) in [5.41, 5.74) is 2.79. The van der Waals surface area contributed by atoms with Crippen LogP contribution in [-0.2, 0) is 14.3 Å². The van der Waals surface area contributed by atoms with Crippen LogP contribution in [0.25, 0.3) is 0 Å². The Hall–Kier alpha value is -2.47. The summed E-state index contributed by atoms with van der Waals surface area (Å²) < 4.78 is 4.70. The molecule has 0 fully saturated rings. The lowest BCUT2D eigenvalue weighted by Gasteiger charge is -2.16. The van der Waals surface area contributed by atoms with Crippen molar-refractivity contribution in [1.29, 1.82) is 0 Å². The van der Waals surface area contributed by atoms with Gasteiger partial charge in [-0.3, -0.25) is 14.4 Å². The maximum atomic E-state index is 12.3. The van der Waals surface area contributed by atoms with Gasteiger partial charge in [-0.1, -0.05) is 18.2 Å². The van der Waals surface area contributed by atoms with Gasteiger partial charge in [-0.05, 0) is 42.5 Å². The van der Waals surface area contributed by atoms with Gasteiger partial charge in [-0.2, -0.15) is 0 Å². The van der Waals surface area contributed by atoms with Crippen LogP contribution in [0.4, 0.5) is 0 Å². The molecule has 2 aromatic rings. The molecule has 0 saturated heterocycles. The molecule has 0 aliphatic rings. The number of hydrogen-bond acceptors (Lipinski definition) is 5. The molecular formula is C20H23NO4S. The number of amides is 1. The highest BCUT2D eigenvalue weighted by Crippen LogP contribution is 2.23. The number of esters is 1. The standard InChI is InChI=1S/C20H23NO4S/c1-13-6-7-15(11-14(13)2)17(22)8-9-19(23)21-16(12-20(24)25-3)18-5-4-10-26-18/h4-7,10-11,16H,8-9,12H2,1-3H3,(H,21,23). The third-order valence-corrected chi connectivity index (χ3v) is 5.21. The summed E-state index contributed by atoms with van der Waals surface area (Å²) in [5, 5.41) is 4.71. The molecule has 138 valence electrons. The Morgan fingerprint density at radius 2 is 1.88 bits per heavy atom. The number of hydrogen-bond donors (Lipinski definition) is 1. The molecule has 5 nitrogen and oxygen atoms in total. The van der Waals surface area contributed by atoms with Crippen molar-refractivity contribution in [3.63, 3.8) is 0 Å². The SMILES string of the molecule is COC(=O)CC(NC(=O)CCC(=O)c1ccc(C)c(C)c1)c1cccs1. The van der Waals surface area contributed by atoms with Crippen LogP contribution in [0.2, 0.25) is 0 Å². The first-order chi connectivity index (χ1) is 12.4. The average molecular weight is 373 g/mol. The van der Waals surface area contributed by atoms with Crippen LogP contribution < -0.4 is 5.32 Å².